The fraction of sp³-hybridized carbons (Fsp3) is 0.685. The first kappa shape index (κ1) is 74.8. The van der Waals surface area contributed by atoms with Crippen molar-refractivity contribution in [1.82, 2.24) is 0 Å². The quantitative estimate of drug-likeness (QED) is 0.0261. The van der Waals surface area contributed by atoms with Crippen molar-refractivity contribution >= 4 is 17.9 Å². The second kappa shape index (κ2) is 66.3. The number of unbranched alkanes of at least 4 members (excludes halogenated alkanes) is 28. The van der Waals surface area contributed by atoms with E-state index in [9.17, 15) is 14.4 Å². The Balaban J connectivity index is 4.26. The van der Waals surface area contributed by atoms with Gasteiger partial charge in [-0.3, -0.25) is 14.4 Å². The van der Waals surface area contributed by atoms with Crippen LogP contribution in [-0.4, -0.2) is 37.2 Å². The molecule has 0 aliphatic rings. The maximum atomic E-state index is 12.9. The summed E-state index contributed by atoms with van der Waals surface area (Å²) in [5, 5.41) is 0. The third-order valence-electron chi connectivity index (χ3n) is 13.9. The number of carbonyl (C=O) groups is 3. The van der Waals surface area contributed by atoms with Crippen molar-refractivity contribution in [2.45, 2.75) is 309 Å². The SMILES string of the molecule is CC/C=C\C/C=C\C/C=C\C/C=C\C/C=C\CCCC(=O)OC(COC(=O)CCCCCCC/C=C\CCCCCC)COC(=O)CCCCCCCCCCCCCCCCCCCC/C=C\C/C=C\C/C=C\C/C=C\CC. The second-order valence-electron chi connectivity index (χ2n) is 21.6. The Hall–Kier alpha value is -4.19. The molecule has 0 saturated carbocycles. The van der Waals surface area contributed by atoms with E-state index in [1.165, 1.54) is 141 Å². The first-order valence-electron chi connectivity index (χ1n) is 33.0. The summed E-state index contributed by atoms with van der Waals surface area (Å²) in [7, 11) is 0. The van der Waals surface area contributed by atoms with Crippen LogP contribution in [0.5, 0.6) is 0 Å². The molecule has 0 aromatic carbocycles. The molecule has 6 heteroatoms. The van der Waals surface area contributed by atoms with Gasteiger partial charge in [-0.15, -0.1) is 0 Å². The maximum Gasteiger partial charge on any atom is 0.306 e. The van der Waals surface area contributed by atoms with E-state index in [0.29, 0.717) is 19.3 Å². The minimum Gasteiger partial charge on any atom is -0.462 e. The van der Waals surface area contributed by atoms with Crippen LogP contribution in [0.3, 0.4) is 0 Å². The molecule has 0 fully saturated rings. The Morgan fingerprint density at radius 2 is 0.506 bits per heavy atom. The van der Waals surface area contributed by atoms with E-state index in [-0.39, 0.29) is 37.5 Å². The van der Waals surface area contributed by atoms with E-state index in [1.54, 1.807) is 0 Å². The van der Waals surface area contributed by atoms with Crippen LogP contribution in [0.4, 0.5) is 0 Å². The standard InChI is InChI=1S/C73H122O6/c1-4-7-10-13-16-19-22-25-27-29-30-31-32-33-34-35-36-37-38-39-40-41-42-44-45-48-51-54-57-60-63-66-72(75)78-69-70(68-77-71(74)65-62-59-56-53-50-47-24-21-18-15-12-9-6-3)79-73(76)67-64-61-58-55-52-49-46-43-28-26-23-20-17-14-11-8-5-2/h7-8,10-11,16-17,19-21,24-28,30-31,46,49,55,58,70H,4-6,9,12-15,18,22-23,29,32-45,47-48,50-54,56-57,59-69H2,1-3H3/b10-7-,11-8-,19-16-,20-17-,24-21-,27-25-,28-26-,31-30-,49-46-,58-55-. The van der Waals surface area contributed by atoms with Crippen molar-refractivity contribution in [3.05, 3.63) is 122 Å². The number of esters is 3. The van der Waals surface area contributed by atoms with Crippen LogP contribution in [0.25, 0.3) is 0 Å². The number of allylic oxidation sites excluding steroid dienone is 20. The van der Waals surface area contributed by atoms with E-state index >= 15 is 0 Å². The summed E-state index contributed by atoms with van der Waals surface area (Å²) >= 11 is 0. The molecule has 1 unspecified atom stereocenters. The van der Waals surface area contributed by atoms with Gasteiger partial charge in [-0.1, -0.05) is 284 Å². The first-order chi connectivity index (χ1) is 39.0. The Bertz CT molecular complexity index is 1640. The molecule has 0 aromatic rings. The molecule has 0 aromatic heterocycles. The smallest absolute Gasteiger partial charge is 0.306 e. The molecule has 79 heavy (non-hydrogen) atoms. The van der Waals surface area contributed by atoms with E-state index < -0.39 is 6.10 Å². The minimum absolute atomic E-state index is 0.103. The third kappa shape index (κ3) is 64.5. The summed E-state index contributed by atoms with van der Waals surface area (Å²) in [4.78, 5) is 38.3. The van der Waals surface area contributed by atoms with Crippen molar-refractivity contribution in [2.24, 2.45) is 0 Å². The molecule has 0 N–H and O–H groups in total. The first-order valence-corrected chi connectivity index (χ1v) is 33.0. The highest BCUT2D eigenvalue weighted by molar-refractivity contribution is 5.71. The lowest BCUT2D eigenvalue weighted by atomic mass is 10.0. The van der Waals surface area contributed by atoms with E-state index in [0.717, 1.165) is 116 Å². The van der Waals surface area contributed by atoms with Gasteiger partial charge in [0, 0.05) is 19.3 Å². The average molecular weight is 1100 g/mol. The van der Waals surface area contributed by atoms with Crippen molar-refractivity contribution < 1.29 is 28.6 Å². The number of ether oxygens (including phenoxy) is 3. The zero-order valence-corrected chi connectivity index (χ0v) is 51.6. The largest absolute Gasteiger partial charge is 0.462 e. The molecular weight excluding hydrogens is 973 g/mol. The van der Waals surface area contributed by atoms with Gasteiger partial charge in [-0.25, -0.2) is 0 Å². The summed E-state index contributed by atoms with van der Waals surface area (Å²) in [5.41, 5.74) is 0. The Morgan fingerprint density at radius 3 is 0.823 bits per heavy atom. The lowest BCUT2D eigenvalue weighted by Gasteiger charge is -2.18. The highest BCUT2D eigenvalue weighted by Crippen LogP contribution is 2.16. The molecule has 0 spiro atoms. The van der Waals surface area contributed by atoms with E-state index in [4.69, 9.17) is 14.2 Å². The predicted molar refractivity (Wildman–Crippen MR) is 343 cm³/mol. The van der Waals surface area contributed by atoms with Gasteiger partial charge in [0.2, 0.25) is 0 Å². The predicted octanol–water partition coefficient (Wildman–Crippen LogP) is 22.8. The van der Waals surface area contributed by atoms with Crippen LogP contribution in [0, 0.1) is 0 Å². The highest BCUT2D eigenvalue weighted by Gasteiger charge is 2.19. The molecule has 0 heterocycles. The lowest BCUT2D eigenvalue weighted by Crippen LogP contribution is -2.30. The Morgan fingerprint density at radius 1 is 0.266 bits per heavy atom. The summed E-state index contributed by atoms with van der Waals surface area (Å²) in [5.74, 6) is -0.964. The van der Waals surface area contributed by atoms with Crippen LogP contribution in [0.15, 0.2) is 122 Å². The zero-order valence-electron chi connectivity index (χ0n) is 51.6. The fourth-order valence-corrected chi connectivity index (χ4v) is 9.05. The van der Waals surface area contributed by atoms with Crippen LogP contribution >= 0.6 is 0 Å². The van der Waals surface area contributed by atoms with Crippen LogP contribution in [-0.2, 0) is 28.6 Å². The molecular formula is C73H122O6. The highest BCUT2D eigenvalue weighted by atomic mass is 16.6. The van der Waals surface area contributed by atoms with Crippen molar-refractivity contribution in [2.75, 3.05) is 13.2 Å². The molecule has 450 valence electrons. The van der Waals surface area contributed by atoms with Gasteiger partial charge in [-0.05, 0) is 122 Å². The number of carbonyl (C=O) groups excluding carboxylic acids is 3. The average Bonchev–Trinajstić information content (AvgIpc) is 3.45. The maximum absolute atomic E-state index is 12.9. The van der Waals surface area contributed by atoms with Crippen molar-refractivity contribution in [1.29, 1.82) is 0 Å². The topological polar surface area (TPSA) is 78.9 Å². The van der Waals surface area contributed by atoms with Gasteiger partial charge in [-0.2, -0.15) is 0 Å². The summed E-state index contributed by atoms with van der Waals surface area (Å²) < 4.78 is 16.9. The van der Waals surface area contributed by atoms with Gasteiger partial charge in [0.1, 0.15) is 13.2 Å². The number of hydrogen-bond acceptors (Lipinski definition) is 6. The minimum atomic E-state index is -0.813. The molecule has 0 radical (unpaired) electrons. The van der Waals surface area contributed by atoms with Gasteiger partial charge >= 0.3 is 17.9 Å². The van der Waals surface area contributed by atoms with Crippen molar-refractivity contribution in [3.63, 3.8) is 0 Å². The van der Waals surface area contributed by atoms with Crippen molar-refractivity contribution in [3.8, 4) is 0 Å². The fourth-order valence-electron chi connectivity index (χ4n) is 9.05. The Kier molecular flexibility index (Phi) is 62.8. The molecule has 0 bridgehead atoms. The van der Waals surface area contributed by atoms with Crippen LogP contribution in [0.2, 0.25) is 0 Å². The molecule has 0 rings (SSSR count). The van der Waals surface area contributed by atoms with Crippen LogP contribution < -0.4 is 0 Å². The number of rotatable bonds is 59. The molecule has 0 saturated heterocycles. The monoisotopic (exact) mass is 1090 g/mol. The third-order valence-corrected chi connectivity index (χ3v) is 13.9. The number of hydrogen-bond donors (Lipinski definition) is 0. The molecule has 0 aliphatic heterocycles. The Labute approximate surface area is 488 Å². The van der Waals surface area contributed by atoms with Gasteiger partial charge < -0.3 is 14.2 Å². The summed E-state index contributed by atoms with van der Waals surface area (Å²) in [6, 6.07) is 0. The van der Waals surface area contributed by atoms with Crippen LogP contribution in [0.1, 0.15) is 303 Å². The lowest BCUT2D eigenvalue weighted by molar-refractivity contribution is -0.167. The molecule has 0 amide bonds. The molecule has 0 aliphatic carbocycles. The normalized spacial score (nSPS) is 12.9. The van der Waals surface area contributed by atoms with E-state index in [2.05, 4.69) is 142 Å². The second-order valence-corrected chi connectivity index (χ2v) is 21.6. The van der Waals surface area contributed by atoms with E-state index in [1.807, 2.05) is 0 Å². The van der Waals surface area contributed by atoms with Gasteiger partial charge in [0.05, 0.1) is 0 Å². The molecule has 1 atom stereocenters. The van der Waals surface area contributed by atoms with Gasteiger partial charge in [0.25, 0.3) is 0 Å². The summed E-state index contributed by atoms with van der Waals surface area (Å²) in [6.07, 6.45) is 92.3. The van der Waals surface area contributed by atoms with Gasteiger partial charge in [0.15, 0.2) is 6.10 Å². The zero-order chi connectivity index (χ0) is 57.1. The summed E-state index contributed by atoms with van der Waals surface area (Å²) in [6.45, 7) is 6.36. The molecule has 6 nitrogen and oxygen atoms in total.